The third kappa shape index (κ3) is 4.58. The van der Waals surface area contributed by atoms with E-state index >= 15 is 0 Å². The molecular weight excluding hydrogens is 486 g/mol. The lowest BCUT2D eigenvalue weighted by molar-refractivity contribution is 0.0942. The highest BCUT2D eigenvalue weighted by Gasteiger charge is 2.22. The van der Waals surface area contributed by atoms with Crippen LogP contribution >= 0.6 is 0 Å². The Labute approximate surface area is 225 Å². The summed E-state index contributed by atoms with van der Waals surface area (Å²) in [4.78, 5) is 18.5. The molecule has 0 fully saturated rings. The first-order valence-electron chi connectivity index (χ1n) is 12.5. The highest BCUT2D eigenvalue weighted by molar-refractivity contribution is 6.05. The van der Waals surface area contributed by atoms with E-state index in [4.69, 9.17) is 10.7 Å². The summed E-state index contributed by atoms with van der Waals surface area (Å²) in [6.07, 6.45) is 5.38. The number of carbonyl (C=O) groups is 1. The van der Waals surface area contributed by atoms with Gasteiger partial charge in [0, 0.05) is 36.0 Å². The van der Waals surface area contributed by atoms with Gasteiger partial charge >= 0.3 is 0 Å². The number of nitrogens with one attached hydrogen (secondary N) is 1. The van der Waals surface area contributed by atoms with Gasteiger partial charge in [0.2, 0.25) is 0 Å². The van der Waals surface area contributed by atoms with Crippen LogP contribution in [-0.2, 0) is 7.05 Å². The molecule has 0 unspecified atom stereocenters. The Morgan fingerprint density at radius 3 is 2.64 bits per heavy atom. The quantitative estimate of drug-likeness (QED) is 0.332. The van der Waals surface area contributed by atoms with Crippen molar-refractivity contribution >= 4 is 28.1 Å². The minimum absolute atomic E-state index is 0.183. The smallest absolute Gasteiger partial charge is 0.257 e. The summed E-state index contributed by atoms with van der Waals surface area (Å²) in [6, 6.07) is 23.1. The van der Waals surface area contributed by atoms with Gasteiger partial charge in [-0.15, -0.1) is 5.10 Å². The zero-order chi connectivity index (χ0) is 26.9. The molecule has 0 aliphatic carbocycles. The molecule has 190 valence electrons. The van der Waals surface area contributed by atoms with Crippen LogP contribution in [0.3, 0.4) is 0 Å². The number of hydrogen-bond donors (Lipinski definition) is 2. The van der Waals surface area contributed by atoms with Crippen molar-refractivity contribution < 1.29 is 4.79 Å². The first-order chi connectivity index (χ1) is 19.0. The molecule has 6 aromatic rings. The van der Waals surface area contributed by atoms with Gasteiger partial charge in [-0.05, 0) is 31.2 Å². The Hall–Kier alpha value is -5.42. The number of benzene rings is 2. The first kappa shape index (κ1) is 23.9. The normalized spacial score (nSPS) is 11.7. The number of rotatable bonds is 4. The summed E-state index contributed by atoms with van der Waals surface area (Å²) in [7, 11) is 1.86. The molecule has 4 heterocycles. The second-order valence-corrected chi connectivity index (χ2v) is 9.31. The zero-order valence-electron chi connectivity index (χ0n) is 21.5. The Balaban J connectivity index is 1.43. The zero-order valence-corrected chi connectivity index (χ0v) is 21.5. The van der Waals surface area contributed by atoms with Gasteiger partial charge in [0.15, 0.2) is 5.82 Å². The van der Waals surface area contributed by atoms with Gasteiger partial charge in [-0.3, -0.25) is 9.48 Å². The van der Waals surface area contributed by atoms with E-state index < -0.39 is 0 Å². The van der Waals surface area contributed by atoms with Gasteiger partial charge in [-0.25, -0.2) is 9.50 Å². The monoisotopic (exact) mass is 511 g/mol. The van der Waals surface area contributed by atoms with Crippen molar-refractivity contribution in [2.24, 2.45) is 7.05 Å². The van der Waals surface area contributed by atoms with E-state index in [-0.39, 0.29) is 17.8 Å². The topological polar surface area (TPSA) is 103 Å². The molecule has 1 atom stereocenters. The number of nitrogens with zero attached hydrogens (tertiary/aromatic N) is 5. The second-order valence-electron chi connectivity index (χ2n) is 9.31. The van der Waals surface area contributed by atoms with Crippen LogP contribution < -0.4 is 11.1 Å². The van der Waals surface area contributed by atoms with Crippen LogP contribution in [0.4, 0.5) is 5.82 Å². The van der Waals surface area contributed by atoms with Crippen molar-refractivity contribution in [3.05, 3.63) is 114 Å². The second kappa shape index (κ2) is 9.80. The van der Waals surface area contributed by atoms with E-state index in [2.05, 4.69) is 33.4 Å². The number of aryl methyl sites for hydroxylation is 1. The van der Waals surface area contributed by atoms with E-state index in [0.29, 0.717) is 11.1 Å². The molecule has 6 rings (SSSR count). The lowest BCUT2D eigenvalue weighted by Gasteiger charge is -2.19. The van der Waals surface area contributed by atoms with Crippen molar-refractivity contribution in [1.82, 2.24) is 29.7 Å². The van der Waals surface area contributed by atoms with Crippen molar-refractivity contribution in [2.75, 3.05) is 5.73 Å². The fourth-order valence-electron chi connectivity index (χ4n) is 4.69. The van der Waals surface area contributed by atoms with Crippen LogP contribution in [-0.4, -0.2) is 30.3 Å². The number of para-hydroxylation sites is 1. The average molecular weight is 512 g/mol. The van der Waals surface area contributed by atoms with Gasteiger partial charge in [-0.2, -0.15) is 5.10 Å². The predicted octanol–water partition coefficient (Wildman–Crippen LogP) is 4.76. The molecule has 0 aliphatic rings. The summed E-state index contributed by atoms with van der Waals surface area (Å²) < 4.78 is 3.33. The summed E-state index contributed by atoms with van der Waals surface area (Å²) in [5, 5.41) is 12.5. The molecule has 8 heteroatoms. The maximum atomic E-state index is 13.4. The van der Waals surface area contributed by atoms with Crippen LogP contribution in [0.5, 0.6) is 0 Å². The number of fused-ring (bicyclic) bond motifs is 2. The molecule has 3 N–H and O–H groups in total. The van der Waals surface area contributed by atoms with Crippen molar-refractivity contribution in [1.29, 1.82) is 0 Å². The first-order valence-corrected chi connectivity index (χ1v) is 12.5. The number of pyridine rings is 2. The number of nitrogen functional groups attached to an aromatic ring is 1. The number of anilines is 1. The van der Waals surface area contributed by atoms with E-state index in [1.54, 1.807) is 21.6 Å². The van der Waals surface area contributed by atoms with Crippen LogP contribution in [0.15, 0.2) is 91.4 Å². The summed E-state index contributed by atoms with van der Waals surface area (Å²) in [5.74, 6) is 6.33. The molecule has 4 aromatic heterocycles. The Morgan fingerprint density at radius 1 is 1.03 bits per heavy atom. The third-order valence-electron chi connectivity index (χ3n) is 6.58. The lowest BCUT2D eigenvalue weighted by atomic mass is 9.97. The van der Waals surface area contributed by atoms with Gasteiger partial charge in [0.25, 0.3) is 5.91 Å². The fourth-order valence-corrected chi connectivity index (χ4v) is 4.69. The molecule has 0 aliphatic heterocycles. The van der Waals surface area contributed by atoms with Gasteiger partial charge in [-0.1, -0.05) is 60.4 Å². The Morgan fingerprint density at radius 2 is 1.85 bits per heavy atom. The van der Waals surface area contributed by atoms with Crippen LogP contribution in [0.2, 0.25) is 0 Å². The van der Waals surface area contributed by atoms with Crippen molar-refractivity contribution in [2.45, 2.75) is 13.0 Å². The van der Waals surface area contributed by atoms with E-state index in [9.17, 15) is 4.79 Å². The Kier molecular flexibility index (Phi) is 6.02. The third-order valence-corrected chi connectivity index (χ3v) is 6.58. The van der Waals surface area contributed by atoms with Crippen LogP contribution in [0.25, 0.3) is 27.7 Å². The number of hydrogen-bond acceptors (Lipinski definition) is 5. The molecule has 1 amide bonds. The van der Waals surface area contributed by atoms with E-state index in [1.165, 1.54) is 0 Å². The number of carbonyl (C=O) groups excluding carboxylic acids is 1. The number of aromatic nitrogens is 5. The summed E-state index contributed by atoms with van der Waals surface area (Å²) in [6.45, 7) is 1.95. The molecule has 2 aromatic carbocycles. The molecule has 0 saturated heterocycles. The number of nitrogens with two attached hydrogens (primary N) is 1. The largest absolute Gasteiger partial charge is 0.382 e. The minimum atomic E-state index is -0.368. The average Bonchev–Trinajstić information content (AvgIpc) is 3.52. The van der Waals surface area contributed by atoms with E-state index in [0.717, 1.165) is 38.9 Å². The lowest BCUT2D eigenvalue weighted by Crippen LogP contribution is -2.27. The predicted molar refractivity (Wildman–Crippen MR) is 152 cm³/mol. The van der Waals surface area contributed by atoms with Gasteiger partial charge in [0.05, 0.1) is 40.1 Å². The fraction of sp³-hybridized carbons (Fsp3) is 0.0968. The Bertz CT molecular complexity index is 1910. The van der Waals surface area contributed by atoms with Crippen molar-refractivity contribution in [3.63, 3.8) is 0 Å². The molecule has 0 bridgehead atoms. The maximum Gasteiger partial charge on any atom is 0.257 e. The van der Waals surface area contributed by atoms with Crippen LogP contribution in [0.1, 0.15) is 40.0 Å². The molecule has 8 nitrogen and oxygen atoms in total. The SMILES string of the molecule is C[C@H](NC(=O)c1c(N)nn2ccccc12)c1cc2cccc(C#Cc3cnn(C)c3)c2nc1-c1ccccc1. The van der Waals surface area contributed by atoms with Gasteiger partial charge in [0.1, 0.15) is 5.56 Å². The molecule has 39 heavy (non-hydrogen) atoms. The summed E-state index contributed by atoms with van der Waals surface area (Å²) >= 11 is 0. The number of amides is 1. The van der Waals surface area contributed by atoms with Crippen LogP contribution in [0, 0.1) is 11.8 Å². The minimum Gasteiger partial charge on any atom is -0.382 e. The maximum absolute atomic E-state index is 13.4. The highest BCUT2D eigenvalue weighted by Crippen LogP contribution is 2.31. The van der Waals surface area contributed by atoms with Crippen molar-refractivity contribution in [3.8, 4) is 23.1 Å². The molecule has 0 radical (unpaired) electrons. The highest BCUT2D eigenvalue weighted by atomic mass is 16.1. The molecule has 0 spiro atoms. The summed E-state index contributed by atoms with van der Waals surface area (Å²) in [5.41, 5.74) is 12.2. The van der Waals surface area contributed by atoms with Gasteiger partial charge < -0.3 is 11.1 Å². The molecular formula is C31H25N7O. The van der Waals surface area contributed by atoms with E-state index in [1.807, 2.05) is 86.9 Å². The molecule has 0 saturated carbocycles. The standard InChI is InChI=1S/C31H25N7O/c1-20(34-31(39)27-26-13-6-7-16-38(26)36-30(27)32)25-17-24-12-8-11-23(15-14-21-18-33-37(2)19-21)28(24)35-29(25)22-9-4-3-5-10-22/h3-13,16-20H,1-2H3,(H2,32,36)(H,34,39)/t20-/m0/s1.